The highest BCUT2D eigenvalue weighted by atomic mass is 79.9. The summed E-state index contributed by atoms with van der Waals surface area (Å²) in [5, 5.41) is 18.3. The van der Waals surface area contributed by atoms with E-state index in [-0.39, 0.29) is 12.4 Å². The van der Waals surface area contributed by atoms with Crippen molar-refractivity contribution in [2.24, 2.45) is 0 Å². The second-order valence-corrected chi connectivity index (χ2v) is 7.43. The molecule has 0 aliphatic rings. The molecule has 0 aliphatic carbocycles. The summed E-state index contributed by atoms with van der Waals surface area (Å²) in [4.78, 5) is 10.9. The minimum atomic E-state index is -0.917. The molecule has 0 spiro atoms. The highest BCUT2D eigenvalue weighted by Gasteiger charge is 2.16. The maximum Gasteiger partial charge on any atom is 0.313 e. The van der Waals surface area contributed by atoms with Crippen molar-refractivity contribution in [1.29, 1.82) is 0 Å². The average Bonchev–Trinajstić information content (AvgIpc) is 3.03. The third-order valence-corrected chi connectivity index (χ3v) is 4.99. The maximum atomic E-state index is 10.9. The molecule has 1 aromatic heterocycles. The van der Waals surface area contributed by atoms with Gasteiger partial charge in [0, 0.05) is 15.2 Å². The Balaban J connectivity index is 1.87. The smallest absolute Gasteiger partial charge is 0.313 e. The number of nitrogens with zero attached hydrogens (tertiary/aromatic N) is 3. The molecule has 9 heteroatoms. The summed E-state index contributed by atoms with van der Waals surface area (Å²) in [6.45, 7) is 0.179. The third kappa shape index (κ3) is 4.78. The Morgan fingerprint density at radius 2 is 1.85 bits per heavy atom. The van der Waals surface area contributed by atoms with Crippen molar-refractivity contribution in [2.45, 2.75) is 11.8 Å². The summed E-state index contributed by atoms with van der Waals surface area (Å²) >= 11 is 10.4. The van der Waals surface area contributed by atoms with Crippen molar-refractivity contribution < 1.29 is 14.6 Å². The van der Waals surface area contributed by atoms with Gasteiger partial charge in [0.05, 0.1) is 5.75 Å². The minimum Gasteiger partial charge on any atom is -0.486 e. The molecule has 0 saturated heterocycles. The molecule has 0 radical (unpaired) electrons. The van der Waals surface area contributed by atoms with Crippen LogP contribution in [0.5, 0.6) is 5.75 Å². The summed E-state index contributed by atoms with van der Waals surface area (Å²) in [5.74, 6) is 0.196. The molecule has 26 heavy (non-hydrogen) atoms. The van der Waals surface area contributed by atoms with E-state index in [1.54, 1.807) is 28.8 Å². The fourth-order valence-electron chi connectivity index (χ4n) is 2.14. The molecule has 1 N–H and O–H groups in total. The van der Waals surface area contributed by atoms with Gasteiger partial charge in [-0.1, -0.05) is 39.3 Å². The van der Waals surface area contributed by atoms with Gasteiger partial charge < -0.3 is 9.84 Å². The van der Waals surface area contributed by atoms with E-state index in [2.05, 4.69) is 26.1 Å². The molecule has 0 fully saturated rings. The van der Waals surface area contributed by atoms with Crippen LogP contribution in [-0.4, -0.2) is 31.6 Å². The number of carboxylic acid groups (broad SMARTS) is 1. The van der Waals surface area contributed by atoms with Gasteiger partial charge in [-0.15, -0.1) is 10.2 Å². The molecule has 3 aromatic rings. The predicted octanol–water partition coefficient (Wildman–Crippen LogP) is 4.44. The number of thioether (sulfide) groups is 1. The Morgan fingerprint density at radius 3 is 2.50 bits per heavy atom. The summed E-state index contributed by atoms with van der Waals surface area (Å²) < 4.78 is 8.48. The third-order valence-electron chi connectivity index (χ3n) is 3.29. The zero-order chi connectivity index (χ0) is 18.5. The van der Waals surface area contributed by atoms with E-state index < -0.39 is 5.97 Å². The topological polar surface area (TPSA) is 77.2 Å². The summed E-state index contributed by atoms with van der Waals surface area (Å²) in [6, 6.07) is 14.6. The average molecular weight is 455 g/mol. The van der Waals surface area contributed by atoms with Gasteiger partial charge >= 0.3 is 5.97 Å². The quantitative estimate of drug-likeness (QED) is 0.532. The normalized spacial score (nSPS) is 10.7. The van der Waals surface area contributed by atoms with Crippen LogP contribution in [0.1, 0.15) is 5.82 Å². The lowest BCUT2D eigenvalue weighted by Gasteiger charge is -2.11. The molecular weight excluding hydrogens is 442 g/mol. The van der Waals surface area contributed by atoms with Crippen molar-refractivity contribution in [3.05, 3.63) is 63.9 Å². The van der Waals surface area contributed by atoms with Crippen LogP contribution >= 0.6 is 39.3 Å². The Kier molecular flexibility index (Phi) is 6.18. The lowest BCUT2D eigenvalue weighted by Crippen LogP contribution is -2.07. The van der Waals surface area contributed by atoms with Gasteiger partial charge in [-0.3, -0.25) is 9.36 Å². The Morgan fingerprint density at radius 1 is 1.15 bits per heavy atom. The van der Waals surface area contributed by atoms with Crippen LogP contribution in [0.15, 0.2) is 58.2 Å². The van der Waals surface area contributed by atoms with Crippen LogP contribution in [-0.2, 0) is 11.4 Å². The highest BCUT2D eigenvalue weighted by Crippen LogP contribution is 2.24. The Labute approximate surface area is 167 Å². The Hall–Kier alpha value is -2.03. The predicted molar refractivity (Wildman–Crippen MR) is 103 cm³/mol. The first-order valence-corrected chi connectivity index (χ1v) is 9.62. The summed E-state index contributed by atoms with van der Waals surface area (Å²) in [6.07, 6.45) is 0. The van der Waals surface area contributed by atoms with Crippen LogP contribution in [0.2, 0.25) is 5.02 Å². The first-order chi connectivity index (χ1) is 12.5. The van der Waals surface area contributed by atoms with Crippen molar-refractivity contribution in [3.63, 3.8) is 0 Å². The van der Waals surface area contributed by atoms with Crippen LogP contribution in [0, 0.1) is 0 Å². The van der Waals surface area contributed by atoms with Gasteiger partial charge in [0.1, 0.15) is 12.4 Å². The number of hydrogen-bond donors (Lipinski definition) is 1. The fourth-order valence-corrected chi connectivity index (χ4v) is 3.22. The lowest BCUT2D eigenvalue weighted by atomic mass is 10.3. The molecule has 6 nitrogen and oxygen atoms in total. The monoisotopic (exact) mass is 453 g/mol. The molecule has 0 atom stereocenters. The number of carbonyl (C=O) groups is 1. The maximum absolute atomic E-state index is 10.9. The largest absolute Gasteiger partial charge is 0.486 e. The molecule has 134 valence electrons. The second kappa shape index (κ2) is 8.57. The molecule has 0 unspecified atom stereocenters. The molecular formula is C17H13BrClN3O3S. The van der Waals surface area contributed by atoms with Gasteiger partial charge in [-0.2, -0.15) is 0 Å². The van der Waals surface area contributed by atoms with Crippen molar-refractivity contribution >= 4 is 45.3 Å². The first kappa shape index (κ1) is 18.8. The van der Waals surface area contributed by atoms with E-state index in [9.17, 15) is 4.79 Å². The molecule has 2 aromatic carbocycles. The summed E-state index contributed by atoms with van der Waals surface area (Å²) in [7, 11) is 0. The number of aliphatic carboxylic acids is 1. The van der Waals surface area contributed by atoms with E-state index in [4.69, 9.17) is 21.4 Å². The SMILES string of the molecule is O=C(O)CSc1nnc(COc2ccc(Cl)cc2)n1-c1ccc(Br)cc1. The fraction of sp³-hybridized carbons (Fsp3) is 0.118. The summed E-state index contributed by atoms with van der Waals surface area (Å²) in [5.41, 5.74) is 0.820. The number of hydrogen-bond acceptors (Lipinski definition) is 5. The number of carboxylic acids is 1. The number of rotatable bonds is 7. The highest BCUT2D eigenvalue weighted by molar-refractivity contribution is 9.10. The van der Waals surface area contributed by atoms with Crippen molar-refractivity contribution in [3.8, 4) is 11.4 Å². The first-order valence-electron chi connectivity index (χ1n) is 7.46. The number of aromatic nitrogens is 3. The van der Waals surface area contributed by atoms with E-state index >= 15 is 0 Å². The zero-order valence-electron chi connectivity index (χ0n) is 13.3. The van der Waals surface area contributed by atoms with Crippen LogP contribution in [0.25, 0.3) is 5.69 Å². The van der Waals surface area contributed by atoms with Gasteiger partial charge in [-0.25, -0.2) is 0 Å². The van der Waals surface area contributed by atoms with Crippen LogP contribution in [0.3, 0.4) is 0 Å². The Bertz CT molecular complexity index is 901. The van der Waals surface area contributed by atoms with Gasteiger partial charge in [0.25, 0.3) is 0 Å². The molecule has 0 aliphatic heterocycles. The van der Waals surface area contributed by atoms with Gasteiger partial charge in [0.15, 0.2) is 11.0 Å². The molecule has 0 bridgehead atoms. The van der Waals surface area contributed by atoms with E-state index in [0.29, 0.717) is 21.8 Å². The molecule has 0 saturated carbocycles. The zero-order valence-corrected chi connectivity index (χ0v) is 16.5. The minimum absolute atomic E-state index is 0.104. The van der Waals surface area contributed by atoms with Crippen molar-refractivity contribution in [1.82, 2.24) is 14.8 Å². The number of halogens is 2. The molecule has 3 rings (SSSR count). The number of benzene rings is 2. The second-order valence-electron chi connectivity index (χ2n) is 5.14. The van der Waals surface area contributed by atoms with E-state index in [1.807, 2.05) is 24.3 Å². The van der Waals surface area contributed by atoms with Crippen LogP contribution < -0.4 is 4.74 Å². The number of ether oxygens (including phenoxy) is 1. The van der Waals surface area contributed by atoms with Gasteiger partial charge in [-0.05, 0) is 48.5 Å². The molecule has 1 heterocycles. The van der Waals surface area contributed by atoms with Crippen molar-refractivity contribution in [2.75, 3.05) is 5.75 Å². The lowest BCUT2D eigenvalue weighted by molar-refractivity contribution is -0.133. The van der Waals surface area contributed by atoms with Gasteiger partial charge in [0.2, 0.25) is 0 Å². The van der Waals surface area contributed by atoms with E-state index in [0.717, 1.165) is 21.9 Å². The molecule has 0 amide bonds. The van der Waals surface area contributed by atoms with E-state index in [1.165, 1.54) is 0 Å². The van der Waals surface area contributed by atoms with Crippen LogP contribution in [0.4, 0.5) is 0 Å². The standard InChI is InChI=1S/C17H13BrClN3O3S/c18-11-1-5-13(6-2-11)22-15(20-21-17(22)26-10-16(23)24)9-25-14-7-3-12(19)4-8-14/h1-8H,9-10H2,(H,23,24).